The largest absolute Gasteiger partial charge is 0.480 e. The highest BCUT2D eigenvalue weighted by atomic mass is 16.4. The number of hydrogen-bond acceptors (Lipinski definition) is 3. The molecule has 20 heavy (non-hydrogen) atoms. The van der Waals surface area contributed by atoms with E-state index in [0.717, 1.165) is 23.9 Å². The van der Waals surface area contributed by atoms with E-state index in [-0.39, 0.29) is 6.04 Å². The molecule has 2 rings (SSSR count). The first-order valence-corrected chi connectivity index (χ1v) is 7.05. The maximum atomic E-state index is 11.5. The van der Waals surface area contributed by atoms with Crippen LogP contribution in [0.5, 0.6) is 0 Å². The lowest BCUT2D eigenvalue weighted by atomic mass is 10.1. The number of para-hydroxylation sites is 2. The van der Waals surface area contributed by atoms with Gasteiger partial charge in [0, 0.05) is 0 Å². The van der Waals surface area contributed by atoms with Crippen LogP contribution in [0.2, 0.25) is 0 Å². The van der Waals surface area contributed by atoms with Crippen LogP contribution >= 0.6 is 0 Å². The van der Waals surface area contributed by atoms with E-state index >= 15 is 0 Å². The van der Waals surface area contributed by atoms with Gasteiger partial charge in [0.15, 0.2) is 0 Å². The first kappa shape index (κ1) is 14.5. The molecule has 108 valence electrons. The molecule has 0 bridgehead atoms. The van der Waals surface area contributed by atoms with E-state index in [0.29, 0.717) is 12.2 Å². The molecule has 0 amide bonds. The third kappa shape index (κ3) is 2.54. The number of hydrogen-bond donors (Lipinski definition) is 2. The van der Waals surface area contributed by atoms with Gasteiger partial charge in [-0.3, -0.25) is 0 Å². The van der Waals surface area contributed by atoms with Gasteiger partial charge in [-0.1, -0.05) is 32.4 Å². The van der Waals surface area contributed by atoms with Crippen molar-refractivity contribution in [3.8, 4) is 0 Å². The molecule has 0 spiro atoms. The molecular weight excluding hydrogens is 254 g/mol. The van der Waals surface area contributed by atoms with Gasteiger partial charge >= 0.3 is 5.97 Å². The third-order valence-electron chi connectivity index (χ3n) is 3.54. The number of carboxylic acid groups (broad SMARTS) is 1. The summed E-state index contributed by atoms with van der Waals surface area (Å²) >= 11 is 0. The summed E-state index contributed by atoms with van der Waals surface area (Å²) in [6, 6.07) is 6.72. The fourth-order valence-electron chi connectivity index (χ4n) is 2.56. The number of benzene rings is 1. The molecule has 2 unspecified atom stereocenters. The molecule has 0 saturated heterocycles. The highest BCUT2D eigenvalue weighted by Gasteiger charge is 2.25. The zero-order valence-electron chi connectivity index (χ0n) is 11.9. The number of imidazole rings is 1. The monoisotopic (exact) mass is 275 g/mol. The van der Waals surface area contributed by atoms with Crippen LogP contribution in [0.15, 0.2) is 24.3 Å². The molecule has 5 heteroatoms. The Morgan fingerprint density at radius 3 is 2.70 bits per heavy atom. The van der Waals surface area contributed by atoms with Crippen LogP contribution in [0.4, 0.5) is 0 Å². The lowest BCUT2D eigenvalue weighted by molar-refractivity contribution is -0.141. The van der Waals surface area contributed by atoms with Crippen LogP contribution in [0.25, 0.3) is 11.0 Å². The minimum atomic E-state index is -0.847. The summed E-state index contributed by atoms with van der Waals surface area (Å²) in [5.41, 5.74) is 7.82. The molecule has 3 N–H and O–H groups in total. The van der Waals surface area contributed by atoms with E-state index in [9.17, 15) is 9.90 Å². The Bertz CT molecular complexity index is 606. The van der Waals surface area contributed by atoms with Gasteiger partial charge < -0.3 is 15.4 Å². The van der Waals surface area contributed by atoms with Crippen molar-refractivity contribution < 1.29 is 9.90 Å². The van der Waals surface area contributed by atoms with Gasteiger partial charge in [-0.2, -0.15) is 0 Å². The van der Waals surface area contributed by atoms with Gasteiger partial charge in [-0.15, -0.1) is 0 Å². The lowest BCUT2D eigenvalue weighted by Crippen LogP contribution is -2.24. The standard InChI is InChI=1S/C15H21N3O2/c1-3-7-10(16)14-17-11-8-5-6-9-13(11)18(14)12(4-2)15(19)20/h5-6,8-10,12H,3-4,7,16H2,1-2H3,(H,19,20). The molecule has 0 fully saturated rings. The SMILES string of the molecule is CCCC(N)c1nc2ccccc2n1C(CC)C(=O)O. The van der Waals surface area contributed by atoms with Crippen LogP contribution in [-0.4, -0.2) is 20.6 Å². The summed E-state index contributed by atoms with van der Waals surface area (Å²) < 4.78 is 1.79. The maximum absolute atomic E-state index is 11.5. The van der Waals surface area contributed by atoms with Crippen molar-refractivity contribution in [1.82, 2.24) is 9.55 Å². The van der Waals surface area contributed by atoms with E-state index in [1.807, 2.05) is 31.2 Å². The highest BCUT2D eigenvalue weighted by molar-refractivity contribution is 5.80. The zero-order chi connectivity index (χ0) is 14.7. The van der Waals surface area contributed by atoms with Crippen molar-refractivity contribution in [3.05, 3.63) is 30.1 Å². The van der Waals surface area contributed by atoms with Gasteiger partial charge in [0.25, 0.3) is 0 Å². The van der Waals surface area contributed by atoms with Crippen molar-refractivity contribution in [2.75, 3.05) is 0 Å². The Morgan fingerprint density at radius 2 is 2.10 bits per heavy atom. The van der Waals surface area contributed by atoms with Crippen molar-refractivity contribution in [2.24, 2.45) is 5.73 Å². The van der Waals surface area contributed by atoms with Gasteiger partial charge in [0.2, 0.25) is 0 Å². The van der Waals surface area contributed by atoms with E-state index < -0.39 is 12.0 Å². The molecule has 0 saturated carbocycles. The fraction of sp³-hybridized carbons (Fsp3) is 0.467. The number of carbonyl (C=O) groups is 1. The minimum absolute atomic E-state index is 0.235. The van der Waals surface area contributed by atoms with Crippen LogP contribution in [0, 0.1) is 0 Å². The second kappa shape index (κ2) is 6.05. The molecule has 5 nitrogen and oxygen atoms in total. The average Bonchev–Trinajstić information content (AvgIpc) is 2.79. The first-order valence-electron chi connectivity index (χ1n) is 7.05. The molecule has 2 aromatic rings. The van der Waals surface area contributed by atoms with Crippen LogP contribution in [0.1, 0.15) is 51.0 Å². The van der Waals surface area contributed by atoms with Gasteiger partial charge in [0.1, 0.15) is 11.9 Å². The summed E-state index contributed by atoms with van der Waals surface area (Å²) in [7, 11) is 0. The second-order valence-corrected chi connectivity index (χ2v) is 4.99. The number of nitrogens with zero attached hydrogens (tertiary/aromatic N) is 2. The Morgan fingerprint density at radius 1 is 1.40 bits per heavy atom. The quantitative estimate of drug-likeness (QED) is 0.849. The Labute approximate surface area is 118 Å². The molecule has 0 aliphatic carbocycles. The maximum Gasteiger partial charge on any atom is 0.326 e. The number of rotatable bonds is 6. The zero-order valence-corrected chi connectivity index (χ0v) is 11.9. The number of nitrogens with two attached hydrogens (primary N) is 1. The smallest absolute Gasteiger partial charge is 0.326 e. The highest BCUT2D eigenvalue weighted by Crippen LogP contribution is 2.27. The molecule has 2 atom stereocenters. The Balaban J connectivity index is 2.63. The molecule has 0 radical (unpaired) electrons. The molecule has 0 aliphatic rings. The summed E-state index contributed by atoms with van der Waals surface area (Å²) in [5, 5.41) is 9.45. The average molecular weight is 275 g/mol. The van der Waals surface area contributed by atoms with Crippen molar-refractivity contribution >= 4 is 17.0 Å². The Kier molecular flexibility index (Phi) is 4.39. The van der Waals surface area contributed by atoms with Crippen molar-refractivity contribution in [3.63, 3.8) is 0 Å². The predicted molar refractivity (Wildman–Crippen MR) is 78.5 cm³/mol. The van der Waals surface area contributed by atoms with Crippen LogP contribution in [0.3, 0.4) is 0 Å². The first-order chi connectivity index (χ1) is 9.60. The van der Waals surface area contributed by atoms with Gasteiger partial charge in [-0.05, 0) is 25.0 Å². The predicted octanol–water partition coefficient (Wildman–Crippen LogP) is 2.87. The third-order valence-corrected chi connectivity index (χ3v) is 3.54. The van der Waals surface area contributed by atoms with Crippen molar-refractivity contribution in [1.29, 1.82) is 0 Å². The number of aliphatic carboxylic acids is 1. The molecule has 1 aromatic carbocycles. The van der Waals surface area contributed by atoms with Gasteiger partial charge in [-0.25, -0.2) is 9.78 Å². The van der Waals surface area contributed by atoms with Crippen LogP contribution in [-0.2, 0) is 4.79 Å². The number of aromatic nitrogens is 2. The lowest BCUT2D eigenvalue weighted by Gasteiger charge is -2.19. The van der Waals surface area contributed by atoms with E-state index in [2.05, 4.69) is 11.9 Å². The Hall–Kier alpha value is -1.88. The van der Waals surface area contributed by atoms with Crippen molar-refractivity contribution in [2.45, 2.75) is 45.2 Å². The van der Waals surface area contributed by atoms with Gasteiger partial charge in [0.05, 0.1) is 17.1 Å². The summed E-state index contributed by atoms with van der Waals surface area (Å²) in [4.78, 5) is 16.1. The summed E-state index contributed by atoms with van der Waals surface area (Å²) in [6.07, 6.45) is 2.23. The fourth-order valence-corrected chi connectivity index (χ4v) is 2.56. The topological polar surface area (TPSA) is 81.1 Å². The van der Waals surface area contributed by atoms with E-state index in [1.165, 1.54) is 0 Å². The van der Waals surface area contributed by atoms with E-state index in [1.54, 1.807) is 4.57 Å². The molecule has 0 aliphatic heterocycles. The molecular formula is C15H21N3O2. The normalized spacial score (nSPS) is 14.3. The minimum Gasteiger partial charge on any atom is -0.480 e. The number of carboxylic acids is 1. The van der Waals surface area contributed by atoms with Crippen LogP contribution < -0.4 is 5.73 Å². The summed E-state index contributed by atoms with van der Waals surface area (Å²) in [6.45, 7) is 3.92. The number of fused-ring (bicyclic) bond motifs is 1. The second-order valence-electron chi connectivity index (χ2n) is 4.99. The molecule has 1 aromatic heterocycles. The van der Waals surface area contributed by atoms with E-state index in [4.69, 9.17) is 5.73 Å². The molecule has 1 heterocycles. The summed E-state index contributed by atoms with van der Waals surface area (Å²) in [5.74, 6) is -0.178.